The van der Waals surface area contributed by atoms with Crippen LogP contribution in [0, 0.1) is 0 Å². The molecule has 0 saturated heterocycles. The van der Waals surface area contributed by atoms with Crippen LogP contribution in [0.3, 0.4) is 0 Å². The van der Waals surface area contributed by atoms with Crippen LogP contribution in [0.4, 0.5) is 11.5 Å². The molecular weight excluding hydrogens is 354 g/mol. The summed E-state index contributed by atoms with van der Waals surface area (Å²) in [5.41, 5.74) is 2.87. The Morgan fingerprint density at radius 2 is 1.57 bits per heavy atom. The number of esters is 1. The second-order valence-corrected chi connectivity index (χ2v) is 6.18. The van der Waals surface area contributed by atoms with Crippen molar-refractivity contribution in [3.8, 4) is 17.0 Å². The van der Waals surface area contributed by atoms with Crippen molar-refractivity contribution >= 4 is 28.2 Å². The van der Waals surface area contributed by atoms with Crippen molar-refractivity contribution in [3.05, 3.63) is 78.4 Å². The van der Waals surface area contributed by atoms with E-state index in [0.717, 1.165) is 27.7 Å². The quantitative estimate of drug-likeness (QED) is 0.513. The van der Waals surface area contributed by atoms with Crippen LogP contribution in [0.1, 0.15) is 10.4 Å². The van der Waals surface area contributed by atoms with Gasteiger partial charge in [0, 0.05) is 22.0 Å². The van der Waals surface area contributed by atoms with Gasteiger partial charge in [0.15, 0.2) is 5.82 Å². The van der Waals surface area contributed by atoms with Crippen LogP contribution >= 0.6 is 0 Å². The zero-order chi connectivity index (χ0) is 19.5. The monoisotopic (exact) mass is 371 g/mol. The Morgan fingerprint density at radius 3 is 2.25 bits per heavy atom. The van der Waals surface area contributed by atoms with Gasteiger partial charge in [0.25, 0.3) is 0 Å². The summed E-state index contributed by atoms with van der Waals surface area (Å²) < 4.78 is 4.72. The first-order valence-corrected chi connectivity index (χ1v) is 8.66. The summed E-state index contributed by atoms with van der Waals surface area (Å²) in [7, 11) is 1.35. The molecule has 6 nitrogen and oxygen atoms in total. The van der Waals surface area contributed by atoms with Crippen molar-refractivity contribution in [2.75, 3.05) is 12.4 Å². The molecule has 1 heterocycles. The summed E-state index contributed by atoms with van der Waals surface area (Å²) in [6.45, 7) is 0. The minimum absolute atomic E-state index is 0.203. The smallest absolute Gasteiger partial charge is 0.337 e. The average Bonchev–Trinajstić information content (AvgIpc) is 2.75. The standard InChI is InChI=1S/C22H17N3O3/c1-28-22(27)15-6-10-16(11-7-15)23-21-19-5-3-2-4-18(19)20(24-25-21)14-8-12-17(26)13-9-14/h2-13,26H,1H3,(H,23,25). The van der Waals surface area contributed by atoms with Gasteiger partial charge < -0.3 is 15.2 Å². The van der Waals surface area contributed by atoms with E-state index in [-0.39, 0.29) is 11.7 Å². The lowest BCUT2D eigenvalue weighted by Crippen LogP contribution is -2.02. The molecule has 0 bridgehead atoms. The summed E-state index contributed by atoms with van der Waals surface area (Å²) in [6.07, 6.45) is 0. The second kappa shape index (κ2) is 7.36. The van der Waals surface area contributed by atoms with Crippen LogP contribution in [0.5, 0.6) is 5.75 Å². The summed E-state index contributed by atoms with van der Waals surface area (Å²) in [4.78, 5) is 11.6. The van der Waals surface area contributed by atoms with Crippen LogP contribution in [0.2, 0.25) is 0 Å². The van der Waals surface area contributed by atoms with Gasteiger partial charge in [0.2, 0.25) is 0 Å². The number of nitrogens with zero attached hydrogens (tertiary/aromatic N) is 2. The van der Waals surface area contributed by atoms with E-state index in [1.54, 1.807) is 36.4 Å². The van der Waals surface area contributed by atoms with E-state index in [1.165, 1.54) is 7.11 Å². The van der Waals surface area contributed by atoms with Crippen molar-refractivity contribution in [2.24, 2.45) is 0 Å². The average molecular weight is 371 g/mol. The number of fused-ring (bicyclic) bond motifs is 1. The molecule has 0 fully saturated rings. The fraction of sp³-hybridized carbons (Fsp3) is 0.0455. The Bertz CT molecular complexity index is 1140. The predicted molar refractivity (Wildman–Crippen MR) is 108 cm³/mol. The lowest BCUT2D eigenvalue weighted by atomic mass is 10.0. The number of anilines is 2. The van der Waals surface area contributed by atoms with E-state index in [2.05, 4.69) is 15.5 Å². The molecule has 28 heavy (non-hydrogen) atoms. The molecule has 0 saturated carbocycles. The Hall–Kier alpha value is -3.93. The second-order valence-electron chi connectivity index (χ2n) is 6.18. The van der Waals surface area contributed by atoms with Gasteiger partial charge in [-0.15, -0.1) is 10.2 Å². The molecule has 6 heteroatoms. The number of aromatic hydroxyl groups is 1. The van der Waals surface area contributed by atoms with Gasteiger partial charge in [0.1, 0.15) is 11.4 Å². The topological polar surface area (TPSA) is 84.3 Å². The van der Waals surface area contributed by atoms with Crippen molar-refractivity contribution in [2.45, 2.75) is 0 Å². The maximum absolute atomic E-state index is 11.6. The highest BCUT2D eigenvalue weighted by Crippen LogP contribution is 2.31. The number of benzene rings is 3. The van der Waals surface area contributed by atoms with E-state index in [0.29, 0.717) is 11.4 Å². The SMILES string of the molecule is COC(=O)c1ccc(Nc2nnc(-c3ccc(O)cc3)c3ccccc23)cc1. The van der Waals surface area contributed by atoms with Gasteiger partial charge in [-0.25, -0.2) is 4.79 Å². The molecule has 3 aromatic carbocycles. The molecular formula is C22H17N3O3. The molecule has 0 unspecified atom stereocenters. The van der Waals surface area contributed by atoms with Gasteiger partial charge in [-0.05, 0) is 48.5 Å². The lowest BCUT2D eigenvalue weighted by molar-refractivity contribution is 0.0601. The number of phenolic OH excluding ortho intramolecular Hbond substituents is 1. The summed E-state index contributed by atoms with van der Waals surface area (Å²) in [5.74, 6) is 0.439. The third-order valence-corrected chi connectivity index (χ3v) is 4.40. The number of carbonyl (C=O) groups excluding carboxylic acids is 1. The normalized spacial score (nSPS) is 10.6. The number of carbonyl (C=O) groups is 1. The van der Waals surface area contributed by atoms with Gasteiger partial charge in [-0.1, -0.05) is 24.3 Å². The number of methoxy groups -OCH3 is 1. The van der Waals surface area contributed by atoms with Gasteiger partial charge in [-0.2, -0.15) is 0 Å². The van der Waals surface area contributed by atoms with Crippen molar-refractivity contribution in [1.29, 1.82) is 0 Å². The van der Waals surface area contributed by atoms with E-state index in [1.807, 2.05) is 36.4 Å². The first-order valence-electron chi connectivity index (χ1n) is 8.66. The Kier molecular flexibility index (Phi) is 4.60. The molecule has 0 radical (unpaired) electrons. The maximum atomic E-state index is 11.6. The van der Waals surface area contributed by atoms with Crippen molar-refractivity contribution in [3.63, 3.8) is 0 Å². The minimum Gasteiger partial charge on any atom is -0.508 e. The number of nitrogens with one attached hydrogen (secondary N) is 1. The zero-order valence-corrected chi connectivity index (χ0v) is 15.1. The van der Waals surface area contributed by atoms with Crippen LogP contribution in [0.15, 0.2) is 72.8 Å². The number of rotatable bonds is 4. The predicted octanol–water partition coefficient (Wildman–Crippen LogP) is 4.53. The Labute approximate surface area is 161 Å². The zero-order valence-electron chi connectivity index (χ0n) is 15.1. The van der Waals surface area contributed by atoms with Crippen LogP contribution in [-0.4, -0.2) is 28.4 Å². The molecule has 4 aromatic rings. The van der Waals surface area contributed by atoms with Gasteiger partial charge in [-0.3, -0.25) is 0 Å². The van der Waals surface area contributed by atoms with E-state index < -0.39 is 0 Å². The molecule has 4 rings (SSSR count). The molecule has 0 aliphatic rings. The highest BCUT2D eigenvalue weighted by molar-refractivity contribution is 6.01. The molecule has 1 aromatic heterocycles. The third-order valence-electron chi connectivity index (χ3n) is 4.40. The summed E-state index contributed by atoms with van der Waals surface area (Å²) in [5, 5.41) is 23.4. The van der Waals surface area contributed by atoms with E-state index in [9.17, 15) is 9.90 Å². The number of hydrogen-bond acceptors (Lipinski definition) is 6. The van der Waals surface area contributed by atoms with Gasteiger partial charge >= 0.3 is 5.97 Å². The molecule has 0 atom stereocenters. The molecule has 0 amide bonds. The van der Waals surface area contributed by atoms with Gasteiger partial charge in [0.05, 0.1) is 12.7 Å². The highest BCUT2D eigenvalue weighted by Gasteiger charge is 2.12. The minimum atomic E-state index is -0.380. The Morgan fingerprint density at radius 1 is 0.893 bits per heavy atom. The van der Waals surface area contributed by atoms with Crippen LogP contribution in [0.25, 0.3) is 22.0 Å². The number of hydrogen-bond donors (Lipinski definition) is 2. The van der Waals surface area contributed by atoms with E-state index in [4.69, 9.17) is 4.74 Å². The number of aromatic nitrogens is 2. The van der Waals surface area contributed by atoms with Crippen LogP contribution < -0.4 is 5.32 Å². The Balaban J connectivity index is 1.72. The number of phenols is 1. The lowest BCUT2D eigenvalue weighted by Gasteiger charge is -2.11. The summed E-state index contributed by atoms with van der Waals surface area (Å²) >= 11 is 0. The first-order chi connectivity index (χ1) is 13.7. The molecule has 138 valence electrons. The third kappa shape index (κ3) is 3.35. The molecule has 2 N–H and O–H groups in total. The van der Waals surface area contributed by atoms with Crippen molar-refractivity contribution < 1.29 is 14.6 Å². The fourth-order valence-corrected chi connectivity index (χ4v) is 2.97. The fourth-order valence-electron chi connectivity index (χ4n) is 2.97. The molecule has 0 spiro atoms. The van der Waals surface area contributed by atoms with Crippen molar-refractivity contribution in [1.82, 2.24) is 10.2 Å². The summed E-state index contributed by atoms with van der Waals surface area (Å²) in [6, 6.07) is 21.7. The maximum Gasteiger partial charge on any atom is 0.337 e. The van der Waals surface area contributed by atoms with Crippen LogP contribution in [-0.2, 0) is 4.74 Å². The highest BCUT2D eigenvalue weighted by atomic mass is 16.5. The largest absolute Gasteiger partial charge is 0.508 e. The molecule has 0 aliphatic carbocycles. The van der Waals surface area contributed by atoms with E-state index >= 15 is 0 Å². The first kappa shape index (κ1) is 17.5. The number of ether oxygens (including phenoxy) is 1. The molecule has 0 aliphatic heterocycles.